The summed E-state index contributed by atoms with van der Waals surface area (Å²) in [6.45, 7) is 4.36. The second-order valence-electron chi connectivity index (χ2n) is 6.50. The van der Waals surface area contributed by atoms with Crippen LogP contribution in [0.25, 0.3) is 0 Å². The molecule has 10 heteroatoms. The van der Waals surface area contributed by atoms with E-state index in [1.54, 1.807) is 30.3 Å². The van der Waals surface area contributed by atoms with Crippen LogP contribution in [-0.2, 0) is 42.9 Å². The van der Waals surface area contributed by atoms with E-state index in [1.165, 1.54) is 6.92 Å². The van der Waals surface area contributed by atoms with Crippen molar-refractivity contribution in [1.82, 2.24) is 0 Å². The number of hydrogen-bond acceptors (Lipinski definition) is 10. The highest BCUT2D eigenvalue weighted by molar-refractivity contribution is 5.68. The fourth-order valence-electron chi connectivity index (χ4n) is 2.92. The van der Waals surface area contributed by atoms with Gasteiger partial charge in [-0.1, -0.05) is 18.2 Å². The van der Waals surface area contributed by atoms with E-state index in [4.69, 9.17) is 28.4 Å². The van der Waals surface area contributed by atoms with E-state index in [1.807, 2.05) is 0 Å². The summed E-state index contributed by atoms with van der Waals surface area (Å²) < 4.78 is 32.6. The van der Waals surface area contributed by atoms with E-state index in [0.717, 1.165) is 20.8 Å². The summed E-state index contributed by atoms with van der Waals surface area (Å²) in [5.41, 5.74) is 0. The van der Waals surface area contributed by atoms with E-state index in [2.05, 4.69) is 0 Å². The Kier molecular flexibility index (Phi) is 8.16. The number of esters is 4. The fraction of sp³-hybridized carbons (Fsp3) is 0.500. The maximum atomic E-state index is 11.7. The first kappa shape index (κ1) is 23.1. The minimum absolute atomic E-state index is 0.313. The number of para-hydroxylation sites is 1. The molecule has 0 aromatic heterocycles. The zero-order chi connectivity index (χ0) is 22.3. The topological polar surface area (TPSA) is 124 Å². The normalized spacial score (nSPS) is 25.5. The fourth-order valence-corrected chi connectivity index (χ4v) is 2.92. The summed E-state index contributed by atoms with van der Waals surface area (Å²) >= 11 is 0. The van der Waals surface area contributed by atoms with Gasteiger partial charge in [0.2, 0.25) is 12.4 Å². The highest BCUT2D eigenvalue weighted by atomic mass is 16.7. The van der Waals surface area contributed by atoms with Crippen LogP contribution in [0.5, 0.6) is 5.75 Å². The first-order chi connectivity index (χ1) is 14.2. The number of benzene rings is 1. The van der Waals surface area contributed by atoms with Crippen LogP contribution in [0.1, 0.15) is 27.7 Å². The Labute approximate surface area is 173 Å². The van der Waals surface area contributed by atoms with E-state index in [0.29, 0.717) is 5.75 Å². The molecule has 0 bridgehead atoms. The lowest BCUT2D eigenvalue weighted by Gasteiger charge is -2.43. The molecular formula is C20H24O10. The Morgan fingerprint density at radius 3 is 1.83 bits per heavy atom. The molecule has 0 N–H and O–H groups in total. The van der Waals surface area contributed by atoms with Crippen LogP contribution < -0.4 is 4.74 Å². The minimum atomic E-state index is -1.27. The molecular weight excluding hydrogens is 400 g/mol. The number of hydrogen-bond donors (Lipinski definition) is 0. The maximum absolute atomic E-state index is 11.7. The van der Waals surface area contributed by atoms with E-state index in [-0.39, 0.29) is 6.61 Å². The Hall–Kier alpha value is -3.14. The van der Waals surface area contributed by atoms with Gasteiger partial charge in [-0.3, -0.25) is 19.2 Å². The highest BCUT2D eigenvalue weighted by Gasteiger charge is 2.53. The molecule has 1 aromatic rings. The molecule has 0 unspecified atom stereocenters. The Balaban J connectivity index is 2.42. The Bertz CT molecular complexity index is 762. The van der Waals surface area contributed by atoms with Gasteiger partial charge in [-0.05, 0) is 12.1 Å². The number of carbonyl (C=O) groups is 4. The molecule has 0 aliphatic carbocycles. The van der Waals surface area contributed by atoms with Crippen molar-refractivity contribution in [2.75, 3.05) is 6.61 Å². The quantitative estimate of drug-likeness (QED) is 0.465. The van der Waals surface area contributed by atoms with Gasteiger partial charge in [-0.2, -0.15) is 0 Å². The lowest BCUT2D eigenvalue weighted by molar-refractivity contribution is -0.288. The van der Waals surface area contributed by atoms with Gasteiger partial charge in [0.05, 0.1) is 0 Å². The lowest BCUT2D eigenvalue weighted by atomic mass is 9.98. The van der Waals surface area contributed by atoms with Crippen molar-refractivity contribution < 1.29 is 47.6 Å². The molecule has 0 amide bonds. The summed E-state index contributed by atoms with van der Waals surface area (Å²) in [5.74, 6) is -2.30. The van der Waals surface area contributed by atoms with Gasteiger partial charge in [0, 0.05) is 27.7 Å². The highest BCUT2D eigenvalue weighted by Crippen LogP contribution is 2.30. The molecule has 5 atom stereocenters. The number of ether oxygens (including phenoxy) is 6. The molecule has 10 nitrogen and oxygen atoms in total. The molecule has 1 fully saturated rings. The van der Waals surface area contributed by atoms with Gasteiger partial charge in [0.25, 0.3) is 0 Å². The van der Waals surface area contributed by atoms with Crippen molar-refractivity contribution in [3.63, 3.8) is 0 Å². The van der Waals surface area contributed by atoms with Gasteiger partial charge >= 0.3 is 23.9 Å². The SMILES string of the molecule is CC(=O)OC[C@H]1O[C@@H](Oc2ccccc2)[C@@H](OC(C)=O)[C@@H](OC(C)=O)[C@@H]1OC(C)=O. The van der Waals surface area contributed by atoms with Gasteiger partial charge < -0.3 is 28.4 Å². The van der Waals surface area contributed by atoms with Crippen molar-refractivity contribution in [2.24, 2.45) is 0 Å². The largest absolute Gasteiger partial charge is 0.463 e. The average molecular weight is 424 g/mol. The Morgan fingerprint density at radius 1 is 0.767 bits per heavy atom. The van der Waals surface area contributed by atoms with Gasteiger partial charge in [-0.25, -0.2) is 0 Å². The van der Waals surface area contributed by atoms with Gasteiger partial charge in [0.15, 0.2) is 12.2 Å². The molecule has 2 rings (SSSR count). The third-order valence-electron chi connectivity index (χ3n) is 3.94. The summed E-state index contributed by atoms with van der Waals surface area (Å²) in [4.78, 5) is 46.4. The average Bonchev–Trinajstić information content (AvgIpc) is 2.64. The van der Waals surface area contributed by atoms with Crippen molar-refractivity contribution in [3.05, 3.63) is 30.3 Å². The van der Waals surface area contributed by atoms with E-state index in [9.17, 15) is 19.2 Å². The molecule has 1 aromatic carbocycles. The molecule has 0 radical (unpaired) electrons. The van der Waals surface area contributed by atoms with Crippen molar-refractivity contribution in [1.29, 1.82) is 0 Å². The van der Waals surface area contributed by atoms with Crippen LogP contribution in [0, 0.1) is 0 Å². The summed E-state index contributed by atoms with van der Waals surface area (Å²) in [6.07, 6.45) is -6.04. The second-order valence-corrected chi connectivity index (χ2v) is 6.50. The predicted molar refractivity (Wildman–Crippen MR) is 99.0 cm³/mol. The monoisotopic (exact) mass is 424 g/mol. The van der Waals surface area contributed by atoms with Crippen molar-refractivity contribution in [3.8, 4) is 5.75 Å². The number of carbonyl (C=O) groups excluding carboxylic acids is 4. The molecule has 0 spiro atoms. The second kappa shape index (κ2) is 10.6. The zero-order valence-electron chi connectivity index (χ0n) is 17.1. The van der Waals surface area contributed by atoms with Gasteiger partial charge in [0.1, 0.15) is 18.5 Å². The smallest absolute Gasteiger partial charge is 0.303 e. The van der Waals surface area contributed by atoms with Crippen LogP contribution in [-0.4, -0.2) is 61.2 Å². The standard InChI is InChI=1S/C20H24O10/c1-11(21)25-10-16-17(26-12(2)22)18(27-13(3)23)19(28-14(4)24)20(30-16)29-15-8-6-5-7-9-15/h5-9,16-20H,10H2,1-4H3/t16-,17-,18+,19+,20-/m1/s1. The molecule has 30 heavy (non-hydrogen) atoms. The molecule has 1 aliphatic rings. The predicted octanol–water partition coefficient (Wildman–Crippen LogP) is 1.15. The molecule has 1 saturated heterocycles. The maximum Gasteiger partial charge on any atom is 0.303 e. The molecule has 1 heterocycles. The first-order valence-corrected chi connectivity index (χ1v) is 9.19. The minimum Gasteiger partial charge on any atom is -0.463 e. The summed E-state index contributed by atoms with van der Waals surface area (Å²) in [6, 6.07) is 8.52. The molecule has 1 aliphatic heterocycles. The lowest BCUT2D eigenvalue weighted by Crippen LogP contribution is -2.63. The number of rotatable bonds is 7. The zero-order valence-corrected chi connectivity index (χ0v) is 17.1. The van der Waals surface area contributed by atoms with E-state index < -0.39 is 54.6 Å². The van der Waals surface area contributed by atoms with Crippen LogP contribution in [0.3, 0.4) is 0 Å². The van der Waals surface area contributed by atoms with Crippen LogP contribution in [0.4, 0.5) is 0 Å². The van der Waals surface area contributed by atoms with E-state index >= 15 is 0 Å². The third-order valence-corrected chi connectivity index (χ3v) is 3.94. The first-order valence-electron chi connectivity index (χ1n) is 9.19. The Morgan fingerprint density at radius 2 is 1.30 bits per heavy atom. The third kappa shape index (κ3) is 6.73. The molecule has 164 valence electrons. The summed E-state index contributed by atoms with van der Waals surface area (Å²) in [5, 5.41) is 0. The van der Waals surface area contributed by atoms with Crippen LogP contribution >= 0.6 is 0 Å². The van der Waals surface area contributed by atoms with Crippen molar-refractivity contribution >= 4 is 23.9 Å². The summed E-state index contributed by atoms with van der Waals surface area (Å²) in [7, 11) is 0. The van der Waals surface area contributed by atoms with Crippen molar-refractivity contribution in [2.45, 2.75) is 58.4 Å². The van der Waals surface area contributed by atoms with Crippen LogP contribution in [0.2, 0.25) is 0 Å². The van der Waals surface area contributed by atoms with Gasteiger partial charge in [-0.15, -0.1) is 0 Å². The molecule has 0 saturated carbocycles. The van der Waals surface area contributed by atoms with Crippen LogP contribution in [0.15, 0.2) is 30.3 Å².